The second kappa shape index (κ2) is 11.2. The maximum atomic E-state index is 14.3. The molecule has 7 heteroatoms. The molecule has 0 aromatic carbocycles. The molecule has 162 valence electrons. The Bertz CT molecular complexity index is 730. The molecule has 28 heavy (non-hydrogen) atoms. The molecule has 0 spiro atoms. The van der Waals surface area contributed by atoms with Gasteiger partial charge in [0.25, 0.3) is 0 Å². The van der Waals surface area contributed by atoms with Crippen molar-refractivity contribution in [2.75, 3.05) is 13.2 Å². The van der Waals surface area contributed by atoms with Crippen LogP contribution in [-0.4, -0.2) is 33.1 Å². The lowest BCUT2D eigenvalue weighted by molar-refractivity contribution is 0.0392. The molecule has 0 aliphatic carbocycles. The van der Waals surface area contributed by atoms with Crippen LogP contribution < -0.4 is 0 Å². The third kappa shape index (κ3) is 6.75. The van der Waals surface area contributed by atoms with Crippen LogP contribution in [0.4, 0.5) is 4.39 Å². The summed E-state index contributed by atoms with van der Waals surface area (Å²) >= 11 is 6.24. The largest absolute Gasteiger partial charge is 0.460 e. The topological polar surface area (TPSA) is 52.6 Å². The van der Waals surface area contributed by atoms with Crippen LogP contribution in [0.5, 0.6) is 0 Å². The van der Waals surface area contributed by atoms with E-state index in [1.165, 1.54) is 6.08 Å². The van der Waals surface area contributed by atoms with E-state index in [0.717, 1.165) is 0 Å². The summed E-state index contributed by atoms with van der Waals surface area (Å²) in [6.07, 6.45) is -0.153. The zero-order valence-electron chi connectivity index (χ0n) is 18.1. The fourth-order valence-electron chi connectivity index (χ4n) is 2.29. The van der Waals surface area contributed by atoms with Crippen LogP contribution in [0.15, 0.2) is 46.3 Å². The predicted octanol–water partition coefficient (Wildman–Crippen LogP) is 6.06. The minimum atomic E-state index is -4.12. The second-order valence-corrected chi connectivity index (χ2v) is 9.82. The van der Waals surface area contributed by atoms with Gasteiger partial charge in [-0.15, -0.1) is 0 Å². The second-order valence-electron chi connectivity index (χ2n) is 7.31. The number of halogens is 2. The zero-order chi connectivity index (χ0) is 22.3. The molecule has 1 saturated heterocycles. The lowest BCUT2D eigenvalue weighted by Gasteiger charge is -2.29. The first-order valence-electron chi connectivity index (χ1n) is 9.39. The van der Waals surface area contributed by atoms with E-state index < -0.39 is 26.7 Å². The highest BCUT2D eigenvalue weighted by molar-refractivity contribution is 7.96. The summed E-state index contributed by atoms with van der Waals surface area (Å²) in [4.78, 5) is -0.255. The molecule has 1 aliphatic heterocycles. The van der Waals surface area contributed by atoms with Gasteiger partial charge in [0.15, 0.2) is 9.84 Å². The quantitative estimate of drug-likeness (QED) is 0.375. The number of allylic oxidation sites excluding steroid dienone is 4. The Morgan fingerprint density at radius 2 is 1.82 bits per heavy atom. The number of hydrogen-bond acceptors (Lipinski definition) is 4. The summed E-state index contributed by atoms with van der Waals surface area (Å²) < 4.78 is 51.6. The third-order valence-electron chi connectivity index (χ3n) is 4.04. The highest BCUT2D eigenvalue weighted by Gasteiger charge is 2.41. The number of sulfone groups is 1. The van der Waals surface area contributed by atoms with Crippen LogP contribution in [0.3, 0.4) is 0 Å². The van der Waals surface area contributed by atoms with Gasteiger partial charge in [0.1, 0.15) is 27.8 Å². The van der Waals surface area contributed by atoms with Gasteiger partial charge < -0.3 is 9.47 Å². The van der Waals surface area contributed by atoms with Crippen molar-refractivity contribution in [2.45, 2.75) is 66.3 Å². The molecular formula is C21H34ClFO4S. The van der Waals surface area contributed by atoms with Crippen LogP contribution >= 0.6 is 11.6 Å². The summed E-state index contributed by atoms with van der Waals surface area (Å²) in [6.45, 7) is 20.5. The van der Waals surface area contributed by atoms with Gasteiger partial charge in [-0.3, -0.25) is 0 Å². The van der Waals surface area contributed by atoms with Gasteiger partial charge >= 0.3 is 0 Å². The molecule has 1 fully saturated rings. The average molecular weight is 437 g/mol. The van der Waals surface area contributed by atoms with Crippen LogP contribution in [0.1, 0.15) is 54.9 Å². The minimum absolute atomic E-state index is 0.00767. The van der Waals surface area contributed by atoms with E-state index in [1.54, 1.807) is 13.8 Å². The lowest BCUT2D eigenvalue weighted by Crippen LogP contribution is -2.40. The first-order valence-corrected chi connectivity index (χ1v) is 11.3. The molecule has 1 aliphatic rings. The van der Waals surface area contributed by atoms with E-state index in [2.05, 4.69) is 13.2 Å². The molecule has 0 aromatic rings. The number of ether oxygens (including phenoxy) is 2. The standard InChI is InChI=1S/C19H28ClFO4S.C2H6/c1-8-14(20)18(17(12(2)3)25-13(4)19(5,6)7)26(22,23)16-9-10-24-11-15(16)21;1-2/h8,15-16H,2,4,9-11H2,1,3,5-7H3;1-2H3/b14-8+,18-17-;. The molecule has 1 heterocycles. The van der Waals surface area contributed by atoms with Crippen molar-refractivity contribution in [3.8, 4) is 0 Å². The SMILES string of the molecule is C=C(C)/C(OC(=C)C(C)(C)C)=C(\C(Cl)=C/C)S(=O)(=O)C1CCOCC1F.CC. The van der Waals surface area contributed by atoms with Crippen molar-refractivity contribution in [2.24, 2.45) is 5.41 Å². The average Bonchev–Trinajstić information content (AvgIpc) is 2.61. The molecule has 0 saturated carbocycles. The molecule has 0 N–H and O–H groups in total. The fourth-order valence-corrected chi connectivity index (χ4v) is 4.74. The van der Waals surface area contributed by atoms with Crippen LogP contribution in [-0.2, 0) is 19.3 Å². The van der Waals surface area contributed by atoms with Crippen molar-refractivity contribution < 1.29 is 22.3 Å². The summed E-state index contributed by atoms with van der Waals surface area (Å²) in [5.74, 6) is 0.347. The molecular weight excluding hydrogens is 403 g/mol. The molecule has 2 atom stereocenters. The molecule has 0 radical (unpaired) electrons. The lowest BCUT2D eigenvalue weighted by atomic mass is 9.95. The minimum Gasteiger partial charge on any atom is -0.460 e. The van der Waals surface area contributed by atoms with Crippen LogP contribution in [0.2, 0.25) is 0 Å². The Kier molecular flexibility index (Phi) is 10.7. The summed E-state index contributed by atoms with van der Waals surface area (Å²) in [6, 6.07) is 0. The van der Waals surface area contributed by atoms with E-state index in [0.29, 0.717) is 11.3 Å². The predicted molar refractivity (Wildman–Crippen MR) is 116 cm³/mol. The Hall–Kier alpha value is -1.11. The van der Waals surface area contributed by atoms with Gasteiger partial charge in [0.2, 0.25) is 0 Å². The van der Waals surface area contributed by atoms with Gasteiger partial charge in [0.05, 0.1) is 11.6 Å². The van der Waals surface area contributed by atoms with Crippen LogP contribution in [0, 0.1) is 5.41 Å². The first kappa shape index (κ1) is 26.9. The van der Waals surface area contributed by atoms with E-state index in [-0.39, 0.29) is 35.3 Å². The van der Waals surface area contributed by atoms with Gasteiger partial charge in [-0.05, 0) is 25.8 Å². The van der Waals surface area contributed by atoms with E-state index in [9.17, 15) is 12.8 Å². The Morgan fingerprint density at radius 3 is 2.21 bits per heavy atom. The first-order chi connectivity index (χ1) is 12.8. The summed E-state index contributed by atoms with van der Waals surface area (Å²) in [5.41, 5.74) is -0.0735. The maximum Gasteiger partial charge on any atom is 0.189 e. The van der Waals surface area contributed by atoms with Gasteiger partial charge in [-0.2, -0.15) is 0 Å². The molecule has 4 nitrogen and oxygen atoms in total. The number of rotatable bonds is 6. The van der Waals surface area contributed by atoms with Gasteiger partial charge in [0, 0.05) is 12.0 Å². The normalized spacial score (nSPS) is 21.8. The highest BCUT2D eigenvalue weighted by atomic mass is 35.5. The van der Waals surface area contributed by atoms with E-state index in [4.69, 9.17) is 21.1 Å². The number of hydrogen-bond donors (Lipinski definition) is 0. The van der Waals surface area contributed by atoms with Crippen LogP contribution in [0.25, 0.3) is 0 Å². The van der Waals surface area contributed by atoms with Gasteiger partial charge in [-0.25, -0.2) is 12.8 Å². The number of alkyl halides is 1. The van der Waals surface area contributed by atoms with Crippen molar-refractivity contribution in [1.82, 2.24) is 0 Å². The Morgan fingerprint density at radius 1 is 1.29 bits per heavy atom. The molecule has 0 aromatic heterocycles. The summed E-state index contributed by atoms with van der Waals surface area (Å²) in [7, 11) is -4.12. The van der Waals surface area contributed by atoms with E-state index >= 15 is 0 Å². The Labute approximate surface area is 175 Å². The molecule has 1 rings (SSSR count). The van der Waals surface area contributed by atoms with Gasteiger partial charge in [-0.1, -0.05) is 65.5 Å². The van der Waals surface area contributed by atoms with Crippen molar-refractivity contribution in [3.63, 3.8) is 0 Å². The molecule has 0 amide bonds. The van der Waals surface area contributed by atoms with Crippen molar-refractivity contribution in [1.29, 1.82) is 0 Å². The smallest absolute Gasteiger partial charge is 0.189 e. The third-order valence-corrected chi connectivity index (χ3v) is 6.86. The Balaban J connectivity index is 0.00000352. The fraction of sp³-hybridized carbons (Fsp3) is 0.619. The van der Waals surface area contributed by atoms with E-state index in [1.807, 2.05) is 34.6 Å². The molecule has 2 unspecified atom stereocenters. The maximum absolute atomic E-state index is 14.3. The van der Waals surface area contributed by atoms with Crippen molar-refractivity contribution in [3.05, 3.63) is 46.3 Å². The summed E-state index contributed by atoms with van der Waals surface area (Å²) in [5, 5.41) is -1.29. The highest BCUT2D eigenvalue weighted by Crippen LogP contribution is 2.37. The monoisotopic (exact) mass is 436 g/mol. The van der Waals surface area contributed by atoms with Crippen molar-refractivity contribution >= 4 is 21.4 Å². The zero-order valence-corrected chi connectivity index (χ0v) is 19.6. The molecule has 0 bridgehead atoms.